The topological polar surface area (TPSA) is 77.8 Å². The van der Waals surface area contributed by atoms with Crippen LogP contribution in [0, 0.1) is 23.7 Å². The second-order valence-corrected chi connectivity index (χ2v) is 8.70. The number of hydrogen-bond acceptors (Lipinski definition) is 3. The maximum atomic E-state index is 10.6. The van der Waals surface area contributed by atoms with Gasteiger partial charge in [-0.05, 0) is 56.3 Å². The second-order valence-electron chi connectivity index (χ2n) is 8.70. The lowest BCUT2D eigenvalue weighted by Crippen LogP contribution is -2.18. The molecule has 3 aliphatic rings. The van der Waals surface area contributed by atoms with Crippen molar-refractivity contribution < 1.29 is 20.1 Å². The summed E-state index contributed by atoms with van der Waals surface area (Å²) in [4.78, 5) is 10.6. The Kier molecular flexibility index (Phi) is 6.93. The van der Waals surface area contributed by atoms with Crippen LogP contribution >= 0.6 is 0 Å². The van der Waals surface area contributed by atoms with Crippen molar-refractivity contribution in [2.75, 3.05) is 0 Å². The molecule has 146 valence electrons. The molecule has 0 unspecified atom stereocenters. The normalized spacial score (nSPS) is 34.8. The Bertz CT molecular complexity index is 532. The summed E-state index contributed by atoms with van der Waals surface area (Å²) >= 11 is 0. The fourth-order valence-electron chi connectivity index (χ4n) is 5.42. The van der Waals surface area contributed by atoms with Crippen LogP contribution in [-0.4, -0.2) is 33.5 Å². The van der Waals surface area contributed by atoms with Crippen molar-refractivity contribution in [1.29, 1.82) is 0 Å². The van der Waals surface area contributed by atoms with E-state index in [1.54, 1.807) is 0 Å². The first-order valence-electron chi connectivity index (χ1n) is 10.5. The van der Waals surface area contributed by atoms with E-state index in [0.717, 1.165) is 32.1 Å². The third kappa shape index (κ3) is 5.20. The molecule has 0 spiro atoms. The molecule has 5 atom stereocenters. The highest BCUT2D eigenvalue weighted by Crippen LogP contribution is 2.50. The van der Waals surface area contributed by atoms with Crippen molar-refractivity contribution in [3.63, 3.8) is 0 Å². The highest BCUT2D eigenvalue weighted by Gasteiger charge is 2.44. The van der Waals surface area contributed by atoms with Gasteiger partial charge >= 0.3 is 5.97 Å². The summed E-state index contributed by atoms with van der Waals surface area (Å²) in [5.74, 6) is 1.12. The maximum Gasteiger partial charge on any atom is 0.303 e. The van der Waals surface area contributed by atoms with Crippen LogP contribution in [0.3, 0.4) is 0 Å². The largest absolute Gasteiger partial charge is 0.481 e. The molecule has 26 heavy (non-hydrogen) atoms. The van der Waals surface area contributed by atoms with Crippen molar-refractivity contribution in [3.05, 3.63) is 23.8 Å². The first kappa shape index (κ1) is 19.6. The molecular formula is C22H34O4. The van der Waals surface area contributed by atoms with E-state index in [1.165, 1.54) is 31.3 Å². The molecule has 0 heterocycles. The molecule has 3 N–H and O–H groups in total. The summed E-state index contributed by atoms with van der Waals surface area (Å²) < 4.78 is 0. The van der Waals surface area contributed by atoms with Crippen LogP contribution in [0.1, 0.15) is 70.6 Å². The van der Waals surface area contributed by atoms with Crippen molar-refractivity contribution in [2.45, 2.75) is 82.8 Å². The lowest BCUT2D eigenvalue weighted by molar-refractivity contribution is -0.137. The van der Waals surface area contributed by atoms with Gasteiger partial charge in [-0.2, -0.15) is 0 Å². The summed E-state index contributed by atoms with van der Waals surface area (Å²) in [6.07, 6.45) is 16.2. The van der Waals surface area contributed by atoms with E-state index < -0.39 is 5.97 Å². The van der Waals surface area contributed by atoms with Crippen LogP contribution in [0.25, 0.3) is 0 Å². The van der Waals surface area contributed by atoms with Crippen molar-refractivity contribution in [3.8, 4) is 0 Å². The van der Waals surface area contributed by atoms with Crippen LogP contribution < -0.4 is 0 Å². The zero-order chi connectivity index (χ0) is 18.5. The molecule has 3 saturated carbocycles. The average Bonchev–Trinajstić information content (AvgIpc) is 3.27. The van der Waals surface area contributed by atoms with Crippen molar-refractivity contribution in [2.24, 2.45) is 23.7 Å². The van der Waals surface area contributed by atoms with Gasteiger partial charge in [-0.3, -0.25) is 4.79 Å². The summed E-state index contributed by atoms with van der Waals surface area (Å²) in [5, 5.41) is 29.5. The van der Waals surface area contributed by atoms with Crippen molar-refractivity contribution in [1.82, 2.24) is 0 Å². The van der Waals surface area contributed by atoms with Gasteiger partial charge in [0.1, 0.15) is 0 Å². The molecule has 0 aliphatic heterocycles. The highest BCUT2D eigenvalue weighted by molar-refractivity contribution is 5.66. The Labute approximate surface area is 157 Å². The van der Waals surface area contributed by atoms with Gasteiger partial charge in [0.15, 0.2) is 0 Å². The lowest BCUT2D eigenvalue weighted by atomic mass is 9.89. The number of carbonyl (C=O) groups is 1. The number of fused-ring (bicyclic) bond motifs is 1. The molecule has 3 fully saturated rings. The molecule has 3 rings (SSSR count). The number of hydrogen-bond donors (Lipinski definition) is 3. The van der Waals surface area contributed by atoms with Crippen LogP contribution in [0.5, 0.6) is 0 Å². The average molecular weight is 363 g/mol. The fourth-order valence-corrected chi connectivity index (χ4v) is 5.42. The summed E-state index contributed by atoms with van der Waals surface area (Å²) in [5.41, 5.74) is 1.43. The van der Waals surface area contributed by atoms with E-state index >= 15 is 0 Å². The third-order valence-corrected chi connectivity index (χ3v) is 6.74. The SMILES string of the molecule is O=C(O)CCC/C=C1\C[C@@H]2C[C@@H](O)[C@H](/C=C/[C@H](O)CC3CCCC3)[C@H]2C1. The summed E-state index contributed by atoms with van der Waals surface area (Å²) in [6, 6.07) is 0. The lowest BCUT2D eigenvalue weighted by Gasteiger charge is -2.18. The van der Waals surface area contributed by atoms with Gasteiger partial charge in [0, 0.05) is 12.3 Å². The molecule has 0 aromatic rings. The predicted molar refractivity (Wildman–Crippen MR) is 102 cm³/mol. The van der Waals surface area contributed by atoms with E-state index in [-0.39, 0.29) is 24.5 Å². The van der Waals surface area contributed by atoms with E-state index in [0.29, 0.717) is 24.2 Å². The molecule has 0 bridgehead atoms. The van der Waals surface area contributed by atoms with Gasteiger partial charge in [0.25, 0.3) is 0 Å². The van der Waals surface area contributed by atoms with Crippen LogP contribution in [0.15, 0.2) is 23.8 Å². The van der Waals surface area contributed by atoms with Crippen LogP contribution in [0.2, 0.25) is 0 Å². The van der Waals surface area contributed by atoms with Gasteiger partial charge in [0.2, 0.25) is 0 Å². The van der Waals surface area contributed by atoms with E-state index in [9.17, 15) is 15.0 Å². The van der Waals surface area contributed by atoms with Crippen LogP contribution in [0.4, 0.5) is 0 Å². The fraction of sp³-hybridized carbons (Fsp3) is 0.773. The van der Waals surface area contributed by atoms with E-state index in [2.05, 4.69) is 12.2 Å². The Morgan fingerprint density at radius 2 is 2.00 bits per heavy atom. The summed E-state index contributed by atoms with van der Waals surface area (Å²) in [6.45, 7) is 0. The number of aliphatic hydroxyl groups excluding tert-OH is 2. The minimum absolute atomic E-state index is 0.156. The number of aliphatic hydroxyl groups is 2. The first-order valence-corrected chi connectivity index (χ1v) is 10.5. The number of carboxylic acid groups (broad SMARTS) is 1. The number of allylic oxidation sites excluding steroid dienone is 2. The Hall–Kier alpha value is -1.13. The molecule has 3 aliphatic carbocycles. The Morgan fingerprint density at radius 1 is 1.23 bits per heavy atom. The van der Waals surface area contributed by atoms with Gasteiger partial charge < -0.3 is 15.3 Å². The molecular weight excluding hydrogens is 328 g/mol. The smallest absolute Gasteiger partial charge is 0.303 e. The minimum atomic E-state index is -0.726. The zero-order valence-corrected chi connectivity index (χ0v) is 15.7. The summed E-state index contributed by atoms with van der Waals surface area (Å²) in [7, 11) is 0. The second kappa shape index (κ2) is 9.18. The maximum absolute atomic E-state index is 10.6. The highest BCUT2D eigenvalue weighted by atomic mass is 16.4. The zero-order valence-electron chi connectivity index (χ0n) is 15.7. The standard InChI is InChI=1S/C22H34O4/c23-18(12-15-5-1-2-6-15)9-10-19-20-13-16(7-3-4-8-22(25)26)11-17(20)14-21(19)24/h7,9-10,15,17-21,23-24H,1-6,8,11-14H2,(H,25,26)/b10-9+,16-7+/t17-,18+,19-,20+,21-/m1/s1. The molecule has 0 radical (unpaired) electrons. The molecule has 0 aromatic carbocycles. The van der Waals surface area contributed by atoms with Gasteiger partial charge in [-0.25, -0.2) is 0 Å². The quantitative estimate of drug-likeness (QED) is 0.449. The Morgan fingerprint density at radius 3 is 2.73 bits per heavy atom. The van der Waals surface area contributed by atoms with Gasteiger partial charge in [-0.15, -0.1) is 0 Å². The number of rotatable bonds is 8. The molecule has 0 saturated heterocycles. The minimum Gasteiger partial charge on any atom is -0.481 e. The number of aliphatic carboxylic acids is 1. The van der Waals surface area contributed by atoms with Crippen molar-refractivity contribution >= 4 is 5.97 Å². The molecule has 4 heteroatoms. The van der Waals surface area contributed by atoms with E-state index in [1.807, 2.05) is 6.08 Å². The van der Waals surface area contributed by atoms with Gasteiger partial charge in [0.05, 0.1) is 12.2 Å². The van der Waals surface area contributed by atoms with Crippen LogP contribution in [-0.2, 0) is 4.79 Å². The number of unbranched alkanes of at least 4 members (excludes halogenated alkanes) is 1. The molecule has 0 amide bonds. The van der Waals surface area contributed by atoms with E-state index in [4.69, 9.17) is 5.11 Å². The monoisotopic (exact) mass is 362 g/mol. The molecule has 4 nitrogen and oxygen atoms in total. The Balaban J connectivity index is 1.49. The molecule has 0 aromatic heterocycles. The van der Waals surface area contributed by atoms with Gasteiger partial charge in [-0.1, -0.05) is 49.5 Å². The third-order valence-electron chi connectivity index (χ3n) is 6.74. The predicted octanol–water partition coefficient (Wildman–Crippen LogP) is 4.07. The first-order chi connectivity index (χ1) is 12.5. The number of carboxylic acids is 1.